The maximum absolute atomic E-state index is 12.8. The van der Waals surface area contributed by atoms with Crippen molar-refractivity contribution in [2.75, 3.05) is 27.6 Å². The van der Waals surface area contributed by atoms with Crippen molar-refractivity contribution in [2.45, 2.75) is 25.2 Å². The van der Waals surface area contributed by atoms with Crippen LogP contribution in [0, 0.1) is 16.7 Å². The summed E-state index contributed by atoms with van der Waals surface area (Å²) in [7, 11) is 1.16. The molecule has 5 rings (SSSR count). The van der Waals surface area contributed by atoms with Gasteiger partial charge in [-0.15, -0.1) is 0 Å². The molecule has 0 fully saturated rings. The molecule has 0 amide bonds. The van der Waals surface area contributed by atoms with Gasteiger partial charge in [0, 0.05) is 22.6 Å². The summed E-state index contributed by atoms with van der Waals surface area (Å²) in [4.78, 5) is 0. The largest absolute Gasteiger partial charge is 0.493 e. The first-order chi connectivity index (χ1) is 15.3. The third-order valence-electron chi connectivity index (χ3n) is 6.92. The lowest BCUT2D eigenvalue weighted by Crippen LogP contribution is -2.31. The quantitative estimate of drug-likeness (QED) is 0.601. The molecular weight excluding hydrogens is 428 g/mol. The van der Waals surface area contributed by atoms with Crippen molar-refractivity contribution >= 4 is 20.9 Å². The first-order valence-electron chi connectivity index (χ1n) is 10.4. The number of hydrogen-bond acceptors (Lipinski definition) is 6. The van der Waals surface area contributed by atoms with Crippen molar-refractivity contribution in [1.82, 2.24) is 3.97 Å². The van der Waals surface area contributed by atoms with Gasteiger partial charge in [-0.25, -0.2) is 12.4 Å². The predicted octanol–water partition coefficient (Wildman–Crippen LogP) is 3.62. The van der Waals surface area contributed by atoms with Crippen LogP contribution in [0.1, 0.15) is 34.7 Å². The van der Waals surface area contributed by atoms with Gasteiger partial charge in [-0.2, -0.15) is 5.26 Å². The summed E-state index contributed by atoms with van der Waals surface area (Å²) in [6.45, 7) is 0. The second-order valence-electron chi connectivity index (χ2n) is 8.50. The number of methoxy groups -OCH3 is 3. The van der Waals surface area contributed by atoms with E-state index in [0.29, 0.717) is 42.0 Å². The SMILES string of the molecule is COc1cc2c(c(OC)c1OC)C1c3c(n(S(C)(=O)=O)c4ccccc34)CCC1(C#N)C2. The van der Waals surface area contributed by atoms with Crippen molar-refractivity contribution in [3.05, 3.63) is 52.7 Å². The van der Waals surface area contributed by atoms with Crippen LogP contribution in [0.25, 0.3) is 10.9 Å². The Kier molecular flexibility index (Phi) is 4.47. The van der Waals surface area contributed by atoms with Gasteiger partial charge in [0.15, 0.2) is 11.5 Å². The number of nitrogens with zero attached hydrogens (tertiary/aromatic N) is 2. The lowest BCUT2D eigenvalue weighted by molar-refractivity contribution is 0.308. The first kappa shape index (κ1) is 20.7. The van der Waals surface area contributed by atoms with Crippen LogP contribution in [0.5, 0.6) is 17.2 Å². The molecule has 166 valence electrons. The molecule has 2 aliphatic carbocycles. The lowest BCUT2D eigenvalue weighted by Gasteiger charge is -2.35. The minimum absolute atomic E-state index is 0.339. The van der Waals surface area contributed by atoms with Crippen LogP contribution in [0.15, 0.2) is 30.3 Å². The molecule has 0 aliphatic heterocycles. The van der Waals surface area contributed by atoms with Crippen LogP contribution < -0.4 is 14.2 Å². The predicted molar refractivity (Wildman–Crippen MR) is 120 cm³/mol. The number of nitriles is 1. The highest BCUT2D eigenvalue weighted by atomic mass is 32.2. The standard InChI is InChI=1S/C24H24N2O5S/c1-29-18-11-14-12-24(13-25)10-9-17-20(21(24)19(14)23(31-3)22(18)30-2)15-7-5-6-8-16(15)26(17)32(4,27)28/h5-8,11,21H,9-10,12H2,1-4H3. The monoisotopic (exact) mass is 452 g/mol. The van der Waals surface area contributed by atoms with E-state index in [0.717, 1.165) is 27.8 Å². The number of benzene rings is 2. The molecule has 32 heavy (non-hydrogen) atoms. The summed E-state index contributed by atoms with van der Waals surface area (Å²) < 4.78 is 44.1. The van der Waals surface area contributed by atoms with Gasteiger partial charge in [-0.1, -0.05) is 18.2 Å². The van der Waals surface area contributed by atoms with Crippen molar-refractivity contribution in [3.8, 4) is 23.3 Å². The smallest absolute Gasteiger partial charge is 0.236 e. The molecule has 1 aromatic heterocycles. The number of hydrogen-bond donors (Lipinski definition) is 0. The number of fused-ring (bicyclic) bond motifs is 7. The molecule has 0 bridgehead atoms. The van der Waals surface area contributed by atoms with Gasteiger partial charge >= 0.3 is 0 Å². The van der Waals surface area contributed by atoms with Crippen molar-refractivity contribution in [2.24, 2.45) is 5.41 Å². The zero-order valence-electron chi connectivity index (χ0n) is 18.4. The molecule has 0 spiro atoms. The van der Waals surface area contributed by atoms with Crippen molar-refractivity contribution < 1.29 is 22.6 Å². The Morgan fingerprint density at radius 3 is 2.44 bits per heavy atom. The van der Waals surface area contributed by atoms with Crippen LogP contribution >= 0.6 is 0 Å². The van der Waals surface area contributed by atoms with Crippen molar-refractivity contribution in [1.29, 1.82) is 5.26 Å². The van der Waals surface area contributed by atoms with Crippen LogP contribution in [-0.2, 0) is 22.9 Å². The van der Waals surface area contributed by atoms with Gasteiger partial charge in [-0.05, 0) is 42.5 Å². The summed E-state index contributed by atoms with van der Waals surface area (Å²) in [6, 6.07) is 12.0. The molecule has 2 aliphatic rings. The normalized spacial score (nSPS) is 21.4. The number of para-hydroxylation sites is 1. The van der Waals surface area contributed by atoms with Crippen LogP contribution in [-0.4, -0.2) is 40.0 Å². The Labute approximate surface area is 187 Å². The Hall–Kier alpha value is -3.18. The van der Waals surface area contributed by atoms with Gasteiger partial charge < -0.3 is 14.2 Å². The molecule has 8 heteroatoms. The summed E-state index contributed by atoms with van der Waals surface area (Å²) >= 11 is 0. The second kappa shape index (κ2) is 6.91. The van der Waals surface area contributed by atoms with E-state index in [1.807, 2.05) is 30.3 Å². The molecule has 7 nitrogen and oxygen atoms in total. The fourth-order valence-corrected chi connectivity index (χ4v) is 6.90. The lowest BCUT2D eigenvalue weighted by atomic mass is 9.66. The van der Waals surface area contributed by atoms with E-state index in [4.69, 9.17) is 14.2 Å². The number of rotatable bonds is 4. The third kappa shape index (κ3) is 2.54. The minimum Gasteiger partial charge on any atom is -0.493 e. The second-order valence-corrected chi connectivity index (χ2v) is 10.3. The fourth-order valence-electron chi connectivity index (χ4n) is 5.79. The van der Waals surface area contributed by atoms with E-state index in [1.165, 1.54) is 10.2 Å². The Morgan fingerprint density at radius 1 is 1.09 bits per heavy atom. The van der Waals surface area contributed by atoms with E-state index in [-0.39, 0.29) is 5.92 Å². The Balaban J connectivity index is 1.93. The van der Waals surface area contributed by atoms with E-state index >= 15 is 0 Å². The topological polar surface area (TPSA) is 90.6 Å². The number of aromatic nitrogens is 1. The first-order valence-corrected chi connectivity index (χ1v) is 12.2. The minimum atomic E-state index is -3.54. The van der Waals surface area contributed by atoms with E-state index < -0.39 is 15.4 Å². The Morgan fingerprint density at radius 2 is 1.81 bits per heavy atom. The van der Waals surface area contributed by atoms with Gasteiger partial charge in [0.1, 0.15) is 0 Å². The fraction of sp³-hybridized carbons (Fsp3) is 0.375. The summed E-state index contributed by atoms with van der Waals surface area (Å²) in [6.07, 6.45) is 2.82. The molecule has 1 heterocycles. The van der Waals surface area contributed by atoms with Crippen LogP contribution in [0.3, 0.4) is 0 Å². The summed E-state index contributed by atoms with van der Waals surface area (Å²) in [5.74, 6) is 1.22. The molecule has 2 unspecified atom stereocenters. The maximum atomic E-state index is 12.8. The highest BCUT2D eigenvalue weighted by Gasteiger charge is 2.54. The molecule has 2 atom stereocenters. The van der Waals surface area contributed by atoms with E-state index in [2.05, 4.69) is 6.07 Å². The van der Waals surface area contributed by atoms with Crippen LogP contribution in [0.2, 0.25) is 0 Å². The zero-order valence-corrected chi connectivity index (χ0v) is 19.2. The van der Waals surface area contributed by atoms with Gasteiger partial charge in [0.05, 0.1) is 44.6 Å². The average molecular weight is 453 g/mol. The van der Waals surface area contributed by atoms with E-state index in [1.54, 1.807) is 21.3 Å². The molecule has 0 saturated heterocycles. The summed E-state index contributed by atoms with van der Waals surface area (Å²) in [5, 5.41) is 11.3. The van der Waals surface area contributed by atoms with Gasteiger partial charge in [0.25, 0.3) is 0 Å². The molecule has 0 N–H and O–H groups in total. The zero-order chi connectivity index (χ0) is 22.8. The molecule has 0 radical (unpaired) electrons. The average Bonchev–Trinajstić information content (AvgIpc) is 3.30. The molecule has 2 aromatic carbocycles. The third-order valence-corrected chi connectivity index (χ3v) is 8.00. The highest BCUT2D eigenvalue weighted by Crippen LogP contribution is 2.62. The van der Waals surface area contributed by atoms with E-state index in [9.17, 15) is 13.7 Å². The molecule has 3 aromatic rings. The van der Waals surface area contributed by atoms with Crippen LogP contribution in [0.4, 0.5) is 0 Å². The molecule has 0 saturated carbocycles. The Bertz CT molecular complexity index is 1420. The summed E-state index contributed by atoms with van der Waals surface area (Å²) in [5.41, 5.74) is 3.42. The maximum Gasteiger partial charge on any atom is 0.236 e. The number of ether oxygens (including phenoxy) is 3. The molecular formula is C24H24N2O5S. The van der Waals surface area contributed by atoms with Gasteiger partial charge in [-0.3, -0.25) is 0 Å². The van der Waals surface area contributed by atoms with Gasteiger partial charge in [0.2, 0.25) is 15.8 Å². The highest BCUT2D eigenvalue weighted by molar-refractivity contribution is 7.89. The van der Waals surface area contributed by atoms with Crippen molar-refractivity contribution in [3.63, 3.8) is 0 Å².